The molecule has 2 aliphatic heterocycles. The molecule has 0 saturated carbocycles. The molecule has 5 unspecified atom stereocenters. The number of carboxylic acids is 1. The highest BCUT2D eigenvalue weighted by Gasteiger charge is 2.40. The molecule has 246 valence electrons. The Morgan fingerprint density at radius 1 is 0.957 bits per heavy atom. The lowest BCUT2D eigenvalue weighted by Crippen LogP contribution is -2.46. The first-order chi connectivity index (χ1) is 22.3. The van der Waals surface area contributed by atoms with E-state index in [-0.39, 0.29) is 43.5 Å². The molecule has 2 heterocycles. The summed E-state index contributed by atoms with van der Waals surface area (Å²) in [6.45, 7) is 5.09. The van der Waals surface area contributed by atoms with Crippen LogP contribution in [0.1, 0.15) is 73.7 Å². The second kappa shape index (κ2) is 16.3. The smallest absolute Gasteiger partial charge is 0.303 e. The number of carbonyl (C=O) groups is 2. The molecule has 5 atom stereocenters. The summed E-state index contributed by atoms with van der Waals surface area (Å²) in [5.41, 5.74) is 5.83. The molecule has 3 aromatic rings. The molecule has 3 aromatic carbocycles. The second-order valence-electron chi connectivity index (χ2n) is 12.4. The van der Waals surface area contributed by atoms with E-state index in [1.165, 1.54) is 0 Å². The summed E-state index contributed by atoms with van der Waals surface area (Å²) >= 11 is 0. The van der Waals surface area contributed by atoms with E-state index in [4.69, 9.17) is 19.3 Å². The molecule has 0 aliphatic carbocycles. The number of nitrogens with zero attached hydrogens (tertiary/aromatic N) is 1. The van der Waals surface area contributed by atoms with Gasteiger partial charge in [-0.05, 0) is 65.8 Å². The van der Waals surface area contributed by atoms with Crippen LogP contribution in [-0.2, 0) is 37.0 Å². The molecule has 0 aromatic heterocycles. The van der Waals surface area contributed by atoms with Gasteiger partial charge in [0.2, 0.25) is 5.91 Å². The van der Waals surface area contributed by atoms with Gasteiger partial charge in [-0.3, -0.25) is 14.5 Å². The number of methoxy groups -OCH3 is 1. The summed E-state index contributed by atoms with van der Waals surface area (Å²) in [6, 6.07) is 24.6. The fourth-order valence-corrected chi connectivity index (χ4v) is 6.49. The van der Waals surface area contributed by atoms with E-state index in [0.29, 0.717) is 25.6 Å². The molecule has 5 rings (SSSR count). The van der Waals surface area contributed by atoms with Gasteiger partial charge in [0.1, 0.15) is 0 Å². The van der Waals surface area contributed by atoms with Gasteiger partial charge < -0.3 is 29.7 Å². The van der Waals surface area contributed by atoms with Crippen molar-refractivity contribution in [2.75, 3.05) is 26.8 Å². The monoisotopic (exact) mass is 630 g/mol. The number of likely N-dealkylation sites (tertiary alicyclic amines) is 1. The van der Waals surface area contributed by atoms with Crippen LogP contribution >= 0.6 is 0 Å². The third-order valence-corrected chi connectivity index (χ3v) is 9.10. The minimum absolute atomic E-state index is 0.00127. The number of aliphatic carboxylic acids is 1. The van der Waals surface area contributed by atoms with Crippen molar-refractivity contribution in [2.45, 2.75) is 76.7 Å². The number of ether oxygens (including phenoxy) is 3. The number of carbonyl (C=O) groups excluding carboxylic acids is 1. The molecule has 2 saturated heterocycles. The second-order valence-corrected chi connectivity index (χ2v) is 12.4. The molecular formula is C37H46N2O7. The van der Waals surface area contributed by atoms with Gasteiger partial charge >= 0.3 is 5.97 Å². The lowest BCUT2D eigenvalue weighted by Gasteiger charge is -2.43. The van der Waals surface area contributed by atoms with Crippen LogP contribution < -0.4 is 5.32 Å². The van der Waals surface area contributed by atoms with E-state index < -0.39 is 12.3 Å². The Balaban J connectivity index is 1.34. The van der Waals surface area contributed by atoms with Gasteiger partial charge in [0.15, 0.2) is 6.29 Å². The van der Waals surface area contributed by atoms with E-state index in [1.807, 2.05) is 54.6 Å². The summed E-state index contributed by atoms with van der Waals surface area (Å²) in [7, 11) is 1.76. The Morgan fingerprint density at radius 3 is 2.46 bits per heavy atom. The topological polar surface area (TPSA) is 118 Å². The van der Waals surface area contributed by atoms with Crippen molar-refractivity contribution in [3.05, 3.63) is 95.1 Å². The number of aliphatic hydroxyl groups is 1. The fraction of sp³-hybridized carbons (Fsp3) is 0.459. The number of hydrogen-bond acceptors (Lipinski definition) is 7. The van der Waals surface area contributed by atoms with Crippen LogP contribution in [0.2, 0.25) is 0 Å². The van der Waals surface area contributed by atoms with Gasteiger partial charge in [-0.15, -0.1) is 0 Å². The van der Waals surface area contributed by atoms with E-state index in [9.17, 15) is 14.7 Å². The highest BCUT2D eigenvalue weighted by Crippen LogP contribution is 2.43. The SMILES string of the molecule is COCC1CCCN1CC1OC(c2cccc(-c3cccc(CNC(=O)CCCC(=O)O)c3)c2)OC(c2ccc(CO)cc2)C1C. The van der Waals surface area contributed by atoms with Crippen LogP contribution in [0.5, 0.6) is 0 Å². The largest absolute Gasteiger partial charge is 0.481 e. The summed E-state index contributed by atoms with van der Waals surface area (Å²) in [6.07, 6.45) is 1.94. The van der Waals surface area contributed by atoms with Gasteiger partial charge in [-0.25, -0.2) is 0 Å². The van der Waals surface area contributed by atoms with E-state index >= 15 is 0 Å². The predicted molar refractivity (Wildman–Crippen MR) is 175 cm³/mol. The molecular weight excluding hydrogens is 584 g/mol. The fourth-order valence-electron chi connectivity index (χ4n) is 6.49. The molecule has 1 amide bonds. The molecule has 0 spiro atoms. The van der Waals surface area contributed by atoms with Crippen molar-refractivity contribution in [1.82, 2.24) is 10.2 Å². The zero-order valence-electron chi connectivity index (χ0n) is 26.8. The molecule has 2 fully saturated rings. The van der Waals surface area contributed by atoms with Crippen molar-refractivity contribution < 1.29 is 34.0 Å². The van der Waals surface area contributed by atoms with E-state index in [0.717, 1.165) is 59.3 Å². The Morgan fingerprint density at radius 2 is 1.72 bits per heavy atom. The zero-order chi connectivity index (χ0) is 32.5. The van der Waals surface area contributed by atoms with Crippen molar-refractivity contribution in [1.29, 1.82) is 0 Å². The summed E-state index contributed by atoms with van der Waals surface area (Å²) < 4.78 is 19.0. The van der Waals surface area contributed by atoms with Crippen LogP contribution in [-0.4, -0.2) is 65.9 Å². The number of rotatable bonds is 14. The molecule has 0 bridgehead atoms. The van der Waals surface area contributed by atoms with Gasteiger partial charge in [0.05, 0.1) is 25.4 Å². The molecule has 9 nitrogen and oxygen atoms in total. The molecule has 0 radical (unpaired) electrons. The maximum Gasteiger partial charge on any atom is 0.303 e. The van der Waals surface area contributed by atoms with Crippen molar-refractivity contribution in [3.8, 4) is 11.1 Å². The predicted octanol–water partition coefficient (Wildman–Crippen LogP) is 5.62. The lowest BCUT2D eigenvalue weighted by molar-refractivity contribution is -0.276. The number of carboxylic acid groups (broad SMARTS) is 1. The number of amides is 1. The van der Waals surface area contributed by atoms with E-state index in [1.54, 1.807) is 7.11 Å². The van der Waals surface area contributed by atoms with Crippen LogP contribution in [0.4, 0.5) is 0 Å². The summed E-state index contributed by atoms with van der Waals surface area (Å²) in [5.74, 6) is -0.961. The van der Waals surface area contributed by atoms with Gasteiger partial charge in [0.25, 0.3) is 0 Å². The van der Waals surface area contributed by atoms with Gasteiger partial charge in [-0.1, -0.05) is 67.6 Å². The van der Waals surface area contributed by atoms with Crippen molar-refractivity contribution >= 4 is 11.9 Å². The minimum atomic E-state index is -0.897. The highest BCUT2D eigenvalue weighted by molar-refractivity contribution is 5.76. The van der Waals surface area contributed by atoms with Gasteiger partial charge in [-0.2, -0.15) is 0 Å². The first-order valence-corrected chi connectivity index (χ1v) is 16.3. The van der Waals surface area contributed by atoms with Crippen LogP contribution in [0.25, 0.3) is 11.1 Å². The average molecular weight is 631 g/mol. The first-order valence-electron chi connectivity index (χ1n) is 16.3. The highest BCUT2D eigenvalue weighted by atomic mass is 16.7. The molecule has 2 aliphatic rings. The number of hydrogen-bond donors (Lipinski definition) is 3. The summed E-state index contributed by atoms with van der Waals surface area (Å²) in [5, 5.41) is 21.3. The Bertz CT molecular complexity index is 1450. The van der Waals surface area contributed by atoms with E-state index in [2.05, 4.69) is 35.3 Å². The first kappa shape index (κ1) is 33.8. The third-order valence-electron chi connectivity index (χ3n) is 9.10. The van der Waals surface area contributed by atoms with Crippen LogP contribution in [0.15, 0.2) is 72.8 Å². The van der Waals surface area contributed by atoms with Crippen molar-refractivity contribution in [3.63, 3.8) is 0 Å². The normalized spacial score (nSPS) is 23.3. The number of aliphatic hydroxyl groups excluding tert-OH is 1. The zero-order valence-corrected chi connectivity index (χ0v) is 26.8. The quantitative estimate of drug-likeness (QED) is 0.210. The molecule has 3 N–H and O–H groups in total. The Hall–Kier alpha value is -3.60. The van der Waals surface area contributed by atoms with Crippen molar-refractivity contribution in [2.24, 2.45) is 5.92 Å². The molecule has 9 heteroatoms. The van der Waals surface area contributed by atoms with Gasteiger partial charge in [0, 0.05) is 50.6 Å². The maximum atomic E-state index is 12.2. The Labute approximate surface area is 271 Å². The average Bonchev–Trinajstić information content (AvgIpc) is 3.51. The maximum absolute atomic E-state index is 12.2. The standard InChI is InChI=1S/C37H46N2O7/c1-25-33(22-39-18-6-11-32(39)24-44-2)45-37(46-36(25)28-16-14-26(23-40)15-17-28)31-10-4-9-30(20-31)29-8-3-7-27(19-29)21-38-34(41)12-5-13-35(42)43/h3-4,7-10,14-17,19-20,25,32-33,36-37,40H,5-6,11-13,18,21-24H2,1-2H3,(H,38,41)(H,42,43). The number of nitrogens with one attached hydrogen (secondary N) is 1. The third kappa shape index (κ3) is 8.80. The summed E-state index contributed by atoms with van der Waals surface area (Å²) in [4.78, 5) is 25.4. The van der Waals surface area contributed by atoms with Crippen LogP contribution in [0.3, 0.4) is 0 Å². The molecule has 46 heavy (non-hydrogen) atoms. The van der Waals surface area contributed by atoms with Crippen LogP contribution in [0, 0.1) is 5.92 Å². The number of benzene rings is 3. The minimum Gasteiger partial charge on any atom is -0.481 e. The Kier molecular flexibility index (Phi) is 12.0. The lowest BCUT2D eigenvalue weighted by atomic mass is 9.89.